The molecule has 0 unspecified atom stereocenters. The van der Waals surface area contributed by atoms with Crippen molar-refractivity contribution in [1.29, 1.82) is 0 Å². The lowest BCUT2D eigenvalue weighted by Gasteiger charge is -2.23. The molecule has 1 N–H and O–H groups in total. The molecule has 1 saturated heterocycles. The number of allylic oxidation sites excluding steroid dienone is 2. The first-order chi connectivity index (χ1) is 13.9. The zero-order chi connectivity index (χ0) is 20.7. The molecule has 2 bridgehead atoms. The number of nitrogens with one attached hydrogen (secondary N) is 1. The van der Waals surface area contributed by atoms with Crippen molar-refractivity contribution in [2.24, 2.45) is 23.7 Å². The summed E-state index contributed by atoms with van der Waals surface area (Å²) in [6.07, 6.45) is 4.81. The molecule has 3 aliphatic rings. The van der Waals surface area contributed by atoms with Gasteiger partial charge in [0.1, 0.15) is 11.8 Å². The Morgan fingerprint density at radius 3 is 2.24 bits per heavy atom. The third-order valence-electron chi connectivity index (χ3n) is 5.95. The lowest BCUT2D eigenvalue weighted by Crippen LogP contribution is -2.45. The Hall–Kier alpha value is -3.16. The van der Waals surface area contributed by atoms with E-state index in [0.29, 0.717) is 11.4 Å². The minimum absolute atomic E-state index is 0.0740. The number of ether oxygens (including phenoxy) is 2. The molecule has 0 spiro atoms. The zero-order valence-electron chi connectivity index (χ0n) is 16.2. The van der Waals surface area contributed by atoms with Crippen LogP contribution in [-0.2, 0) is 23.9 Å². The van der Waals surface area contributed by atoms with Crippen LogP contribution in [0, 0.1) is 23.7 Å². The smallest absolute Gasteiger partial charge is 0.329 e. The normalized spacial score (nSPS) is 27.7. The van der Waals surface area contributed by atoms with E-state index < -0.39 is 24.5 Å². The standard InChI is InChI=1S/C21H22N2O6/c1-11(23-19(25)17-12-3-4-13(9-12)18(17)20(23)26)21(27)29-10-16(24)22-14-5-7-15(28-2)8-6-14/h3-8,11-13,17-18H,9-10H2,1-2H3,(H,22,24)/t11-,12-,13-,17-,18-/m0/s1. The molecule has 1 saturated carbocycles. The summed E-state index contributed by atoms with van der Waals surface area (Å²) in [5.41, 5.74) is 0.528. The van der Waals surface area contributed by atoms with Gasteiger partial charge in [-0.2, -0.15) is 0 Å². The first kappa shape index (κ1) is 19.2. The number of carbonyl (C=O) groups is 4. The largest absolute Gasteiger partial charge is 0.497 e. The molecule has 4 rings (SSSR count). The van der Waals surface area contributed by atoms with Gasteiger partial charge in [0.2, 0.25) is 11.8 Å². The molecule has 1 aliphatic heterocycles. The molecule has 2 fully saturated rings. The SMILES string of the molecule is COc1ccc(NC(=O)COC(=O)[C@H](C)N2C(=O)[C@@H]3[C@@H](C2=O)[C@H]2C=C[C@H]3C2)cc1. The van der Waals surface area contributed by atoms with Crippen molar-refractivity contribution in [3.63, 3.8) is 0 Å². The average molecular weight is 398 g/mol. The Morgan fingerprint density at radius 1 is 1.10 bits per heavy atom. The van der Waals surface area contributed by atoms with Gasteiger partial charge < -0.3 is 14.8 Å². The van der Waals surface area contributed by atoms with Gasteiger partial charge in [0.05, 0.1) is 18.9 Å². The van der Waals surface area contributed by atoms with Gasteiger partial charge in [0.25, 0.3) is 5.91 Å². The number of imide groups is 1. The van der Waals surface area contributed by atoms with Crippen LogP contribution in [0.5, 0.6) is 5.75 Å². The third kappa shape index (κ3) is 3.28. The molecule has 1 aromatic carbocycles. The van der Waals surface area contributed by atoms with E-state index in [2.05, 4.69) is 5.32 Å². The number of esters is 1. The molecular formula is C21H22N2O6. The molecule has 1 aromatic rings. The predicted octanol–water partition coefficient (Wildman–Crippen LogP) is 1.37. The van der Waals surface area contributed by atoms with Crippen LogP contribution >= 0.6 is 0 Å². The van der Waals surface area contributed by atoms with E-state index >= 15 is 0 Å². The van der Waals surface area contributed by atoms with E-state index in [9.17, 15) is 19.2 Å². The Labute approximate surface area is 167 Å². The van der Waals surface area contributed by atoms with Gasteiger partial charge in [0.15, 0.2) is 6.61 Å². The first-order valence-corrected chi connectivity index (χ1v) is 9.56. The van der Waals surface area contributed by atoms with E-state index in [4.69, 9.17) is 9.47 Å². The number of benzene rings is 1. The number of hydrogen-bond donors (Lipinski definition) is 1. The van der Waals surface area contributed by atoms with E-state index in [1.807, 2.05) is 12.2 Å². The second-order valence-electron chi connectivity index (χ2n) is 7.61. The summed E-state index contributed by atoms with van der Waals surface area (Å²) >= 11 is 0. The number of carbonyl (C=O) groups excluding carboxylic acids is 4. The number of methoxy groups -OCH3 is 1. The summed E-state index contributed by atoms with van der Waals surface area (Å²) in [6.45, 7) is 0.945. The molecule has 29 heavy (non-hydrogen) atoms. The topological polar surface area (TPSA) is 102 Å². The highest BCUT2D eigenvalue weighted by molar-refractivity contribution is 6.09. The second-order valence-corrected chi connectivity index (χ2v) is 7.61. The van der Waals surface area contributed by atoms with Crippen molar-refractivity contribution in [1.82, 2.24) is 4.90 Å². The lowest BCUT2D eigenvalue weighted by molar-refractivity contribution is -0.159. The molecule has 0 aromatic heterocycles. The van der Waals surface area contributed by atoms with E-state index in [1.54, 1.807) is 31.4 Å². The maximum Gasteiger partial charge on any atom is 0.329 e. The maximum absolute atomic E-state index is 12.7. The fourth-order valence-corrected chi connectivity index (χ4v) is 4.54. The van der Waals surface area contributed by atoms with Crippen LogP contribution in [0.1, 0.15) is 13.3 Å². The van der Waals surface area contributed by atoms with Crippen LogP contribution in [0.3, 0.4) is 0 Å². The molecule has 1 heterocycles. The molecule has 8 heteroatoms. The highest BCUT2D eigenvalue weighted by atomic mass is 16.5. The highest BCUT2D eigenvalue weighted by Crippen LogP contribution is 2.52. The fraction of sp³-hybridized carbons (Fsp3) is 0.429. The molecule has 3 amide bonds. The second kappa shape index (κ2) is 7.35. The van der Waals surface area contributed by atoms with E-state index in [0.717, 1.165) is 11.3 Å². The van der Waals surface area contributed by atoms with Crippen LogP contribution in [0.15, 0.2) is 36.4 Å². The van der Waals surface area contributed by atoms with Crippen molar-refractivity contribution in [2.75, 3.05) is 19.0 Å². The Kier molecular flexibility index (Phi) is 4.86. The average Bonchev–Trinajstić information content (AvgIpc) is 3.40. The summed E-state index contributed by atoms with van der Waals surface area (Å²) in [7, 11) is 1.54. The van der Waals surface area contributed by atoms with Crippen molar-refractivity contribution in [2.45, 2.75) is 19.4 Å². The number of nitrogens with zero attached hydrogens (tertiary/aromatic N) is 1. The predicted molar refractivity (Wildman–Crippen MR) is 102 cm³/mol. The minimum Gasteiger partial charge on any atom is -0.497 e. The summed E-state index contributed by atoms with van der Waals surface area (Å²) in [5.74, 6) is -1.87. The van der Waals surface area contributed by atoms with E-state index in [1.165, 1.54) is 6.92 Å². The van der Waals surface area contributed by atoms with Crippen LogP contribution in [0.4, 0.5) is 5.69 Å². The number of likely N-dealkylation sites (tertiary alicyclic amines) is 1. The Bertz CT molecular complexity index is 863. The van der Waals surface area contributed by atoms with Gasteiger partial charge in [-0.15, -0.1) is 0 Å². The molecule has 8 nitrogen and oxygen atoms in total. The maximum atomic E-state index is 12.7. The summed E-state index contributed by atoms with van der Waals surface area (Å²) < 4.78 is 10.1. The summed E-state index contributed by atoms with van der Waals surface area (Å²) in [4.78, 5) is 50.9. The number of rotatable bonds is 6. The fourth-order valence-electron chi connectivity index (χ4n) is 4.54. The molecule has 5 atom stereocenters. The van der Waals surface area contributed by atoms with Crippen LogP contribution in [0.2, 0.25) is 0 Å². The molecule has 0 radical (unpaired) electrons. The number of fused-ring (bicyclic) bond motifs is 5. The van der Waals surface area contributed by atoms with Crippen LogP contribution < -0.4 is 10.1 Å². The van der Waals surface area contributed by atoms with Crippen LogP contribution in [-0.4, -0.2) is 48.3 Å². The monoisotopic (exact) mass is 398 g/mol. The summed E-state index contributed by atoms with van der Waals surface area (Å²) in [5, 5.41) is 2.60. The molecular weight excluding hydrogens is 376 g/mol. The van der Waals surface area contributed by atoms with Crippen molar-refractivity contribution in [3.05, 3.63) is 36.4 Å². The quantitative estimate of drug-likeness (QED) is 0.441. The van der Waals surface area contributed by atoms with Crippen molar-refractivity contribution < 1.29 is 28.7 Å². The zero-order valence-corrected chi connectivity index (χ0v) is 16.2. The van der Waals surface area contributed by atoms with Crippen molar-refractivity contribution in [3.8, 4) is 5.75 Å². The Morgan fingerprint density at radius 2 is 1.69 bits per heavy atom. The number of anilines is 1. The Balaban J connectivity index is 1.32. The number of hydrogen-bond acceptors (Lipinski definition) is 6. The van der Waals surface area contributed by atoms with Crippen molar-refractivity contribution >= 4 is 29.4 Å². The minimum atomic E-state index is -1.06. The van der Waals surface area contributed by atoms with E-state index in [-0.39, 0.29) is 35.5 Å². The first-order valence-electron chi connectivity index (χ1n) is 9.56. The molecule has 2 aliphatic carbocycles. The van der Waals surface area contributed by atoms with Crippen LogP contribution in [0.25, 0.3) is 0 Å². The molecule has 152 valence electrons. The lowest BCUT2D eigenvalue weighted by atomic mass is 9.85. The highest BCUT2D eigenvalue weighted by Gasteiger charge is 2.60. The van der Waals surface area contributed by atoms with Gasteiger partial charge in [-0.05, 0) is 49.4 Å². The van der Waals surface area contributed by atoms with Gasteiger partial charge >= 0.3 is 5.97 Å². The van der Waals surface area contributed by atoms with Gasteiger partial charge in [-0.1, -0.05) is 12.2 Å². The third-order valence-corrected chi connectivity index (χ3v) is 5.95. The number of amides is 3. The van der Waals surface area contributed by atoms with Gasteiger partial charge in [-0.25, -0.2) is 4.79 Å². The summed E-state index contributed by atoms with van der Waals surface area (Å²) in [6, 6.07) is 5.63. The van der Waals surface area contributed by atoms with Gasteiger partial charge in [-0.3, -0.25) is 19.3 Å². The van der Waals surface area contributed by atoms with Gasteiger partial charge in [0, 0.05) is 5.69 Å².